The molecule has 2 bridgehead atoms. The van der Waals surface area contributed by atoms with E-state index in [0.29, 0.717) is 11.8 Å². The van der Waals surface area contributed by atoms with Gasteiger partial charge in [0.2, 0.25) is 0 Å². The molecule has 1 heterocycles. The van der Waals surface area contributed by atoms with E-state index in [2.05, 4.69) is 24.9 Å². The summed E-state index contributed by atoms with van der Waals surface area (Å²) in [5.74, 6) is 0.418. The quantitative estimate of drug-likeness (QED) is 0.795. The van der Waals surface area contributed by atoms with E-state index < -0.39 is 0 Å². The normalized spacial score (nSPS) is 31.1. The molecular weight excluding hydrogens is 290 g/mol. The molecular formula is C15H22BrNO. The molecule has 1 N–H and O–H groups in total. The van der Waals surface area contributed by atoms with Crippen molar-refractivity contribution < 1.29 is 5.11 Å². The molecule has 1 aliphatic heterocycles. The van der Waals surface area contributed by atoms with Crippen molar-refractivity contribution in [2.75, 3.05) is 13.6 Å². The monoisotopic (exact) mass is 311 g/mol. The highest BCUT2D eigenvalue weighted by Crippen LogP contribution is 2.44. The van der Waals surface area contributed by atoms with E-state index in [1.54, 1.807) is 0 Å². The Bertz CT molecular complexity index is 448. The van der Waals surface area contributed by atoms with E-state index in [4.69, 9.17) is 0 Å². The lowest BCUT2D eigenvalue weighted by Crippen LogP contribution is -2.40. The van der Waals surface area contributed by atoms with Crippen molar-refractivity contribution in [2.45, 2.75) is 44.1 Å². The first kappa shape index (κ1) is 13.9. The van der Waals surface area contributed by atoms with Gasteiger partial charge in [-0.1, -0.05) is 13.0 Å². The van der Waals surface area contributed by atoms with Gasteiger partial charge in [-0.05, 0) is 68.0 Å². The number of aromatic hydroxyl groups is 1. The van der Waals surface area contributed by atoms with Crippen LogP contribution < -0.4 is 0 Å². The third-order valence-electron chi connectivity index (χ3n) is 4.75. The van der Waals surface area contributed by atoms with Crippen LogP contribution in [0.1, 0.15) is 37.3 Å². The summed E-state index contributed by atoms with van der Waals surface area (Å²) in [5.41, 5.74) is 3.10. The van der Waals surface area contributed by atoms with Crippen LogP contribution in [-0.2, 0) is 11.8 Å². The second kappa shape index (κ2) is 4.86. The van der Waals surface area contributed by atoms with E-state index >= 15 is 0 Å². The van der Waals surface area contributed by atoms with Crippen molar-refractivity contribution in [3.8, 4) is 5.75 Å². The van der Waals surface area contributed by atoms with Crippen LogP contribution in [0.25, 0.3) is 0 Å². The number of phenolic OH excluding ortho intramolecular Hbond substituents is 1. The van der Waals surface area contributed by atoms with Crippen molar-refractivity contribution in [1.82, 2.24) is 4.90 Å². The van der Waals surface area contributed by atoms with Crippen LogP contribution in [0.3, 0.4) is 0 Å². The van der Waals surface area contributed by atoms with Crippen LogP contribution in [-0.4, -0.2) is 29.6 Å². The smallest absolute Gasteiger partial charge is 0.115 e. The van der Waals surface area contributed by atoms with Gasteiger partial charge in [-0.15, -0.1) is 17.0 Å². The molecule has 0 radical (unpaired) electrons. The maximum atomic E-state index is 9.71. The molecule has 18 heavy (non-hydrogen) atoms. The number of rotatable bonds is 0. The number of halogens is 1. The molecule has 1 aliphatic carbocycles. The molecule has 2 atom stereocenters. The van der Waals surface area contributed by atoms with Crippen molar-refractivity contribution in [3.05, 3.63) is 29.3 Å². The van der Waals surface area contributed by atoms with Gasteiger partial charge < -0.3 is 10.0 Å². The van der Waals surface area contributed by atoms with Gasteiger partial charge in [0.15, 0.2) is 0 Å². The molecule has 1 aromatic carbocycles. The highest BCUT2D eigenvalue weighted by Gasteiger charge is 2.39. The van der Waals surface area contributed by atoms with Crippen molar-refractivity contribution in [2.24, 2.45) is 0 Å². The SMILES string of the molecule is Br.CN1CCCC2(C)CC1Cc1ccc(O)cc12. The maximum Gasteiger partial charge on any atom is 0.115 e. The Balaban J connectivity index is 0.00000120. The molecule has 0 spiro atoms. The second-order valence-electron chi connectivity index (χ2n) is 6.05. The molecule has 2 aliphatic rings. The number of likely N-dealkylation sites (tertiary alicyclic amines) is 1. The Kier molecular flexibility index (Phi) is 3.75. The lowest BCUT2D eigenvalue weighted by atomic mass is 9.68. The number of phenols is 1. The predicted octanol–water partition coefficient (Wildman–Crippen LogP) is 3.27. The van der Waals surface area contributed by atoms with E-state index in [0.717, 1.165) is 6.42 Å². The minimum atomic E-state index is 0. The number of nitrogens with zero attached hydrogens (tertiary/aromatic N) is 1. The predicted molar refractivity (Wildman–Crippen MR) is 79.8 cm³/mol. The number of hydrogen-bond donors (Lipinski definition) is 1. The summed E-state index contributed by atoms with van der Waals surface area (Å²) in [6.45, 7) is 3.58. The number of likely N-dealkylation sites (N-methyl/N-ethyl adjacent to an activating group) is 1. The summed E-state index contributed by atoms with van der Waals surface area (Å²) in [6.07, 6.45) is 4.88. The average molecular weight is 312 g/mol. The fraction of sp³-hybridized carbons (Fsp3) is 0.600. The minimum Gasteiger partial charge on any atom is -0.508 e. The van der Waals surface area contributed by atoms with Crippen LogP contribution in [0.15, 0.2) is 18.2 Å². The lowest BCUT2D eigenvalue weighted by Gasteiger charge is -2.40. The van der Waals surface area contributed by atoms with Gasteiger partial charge in [-0.3, -0.25) is 0 Å². The largest absolute Gasteiger partial charge is 0.508 e. The van der Waals surface area contributed by atoms with Gasteiger partial charge in [-0.2, -0.15) is 0 Å². The Hall–Kier alpha value is -0.540. The van der Waals surface area contributed by atoms with Gasteiger partial charge in [0.05, 0.1) is 0 Å². The fourth-order valence-electron chi connectivity index (χ4n) is 3.71. The fourth-order valence-corrected chi connectivity index (χ4v) is 3.71. The van der Waals surface area contributed by atoms with Gasteiger partial charge in [0.25, 0.3) is 0 Å². The van der Waals surface area contributed by atoms with Crippen LogP contribution in [0.5, 0.6) is 5.75 Å². The first-order valence-electron chi connectivity index (χ1n) is 6.61. The summed E-state index contributed by atoms with van der Waals surface area (Å²) < 4.78 is 0. The molecule has 1 saturated heterocycles. The molecule has 0 saturated carbocycles. The Labute approximate surface area is 120 Å². The molecule has 0 aromatic heterocycles. The van der Waals surface area contributed by atoms with Gasteiger partial charge >= 0.3 is 0 Å². The molecule has 0 amide bonds. The van der Waals surface area contributed by atoms with E-state index in [-0.39, 0.29) is 22.4 Å². The molecule has 3 rings (SSSR count). The topological polar surface area (TPSA) is 23.5 Å². The van der Waals surface area contributed by atoms with Crippen molar-refractivity contribution in [1.29, 1.82) is 0 Å². The first-order chi connectivity index (χ1) is 8.08. The standard InChI is InChI=1S/C15H21NO.BrH/c1-15-6-3-7-16(2)12(10-15)8-11-4-5-13(17)9-14(11)15;/h4-5,9,12,17H,3,6-8,10H2,1-2H3;1H. The van der Waals surface area contributed by atoms with E-state index in [9.17, 15) is 5.11 Å². The molecule has 1 aromatic rings. The van der Waals surface area contributed by atoms with Crippen LogP contribution in [0.2, 0.25) is 0 Å². The van der Waals surface area contributed by atoms with Gasteiger partial charge in [0.1, 0.15) is 5.75 Å². The zero-order valence-electron chi connectivity index (χ0n) is 11.1. The summed E-state index contributed by atoms with van der Waals surface area (Å²) in [5, 5.41) is 9.71. The third kappa shape index (κ3) is 2.19. The van der Waals surface area contributed by atoms with E-state index in [1.807, 2.05) is 12.1 Å². The number of fused-ring (bicyclic) bond motifs is 4. The summed E-state index contributed by atoms with van der Waals surface area (Å²) in [7, 11) is 2.25. The van der Waals surface area contributed by atoms with Gasteiger partial charge in [0, 0.05) is 6.04 Å². The lowest BCUT2D eigenvalue weighted by molar-refractivity contribution is 0.215. The first-order valence-corrected chi connectivity index (χ1v) is 6.61. The van der Waals surface area contributed by atoms with Gasteiger partial charge in [-0.25, -0.2) is 0 Å². The zero-order chi connectivity index (χ0) is 12.0. The highest BCUT2D eigenvalue weighted by molar-refractivity contribution is 8.93. The number of benzene rings is 1. The Morgan fingerprint density at radius 2 is 2.17 bits per heavy atom. The minimum absolute atomic E-state index is 0. The van der Waals surface area contributed by atoms with Crippen molar-refractivity contribution >= 4 is 17.0 Å². The van der Waals surface area contributed by atoms with Crippen LogP contribution in [0, 0.1) is 0 Å². The summed E-state index contributed by atoms with van der Waals surface area (Å²) in [4.78, 5) is 2.51. The zero-order valence-corrected chi connectivity index (χ0v) is 12.9. The van der Waals surface area contributed by atoms with Crippen molar-refractivity contribution in [3.63, 3.8) is 0 Å². The second-order valence-corrected chi connectivity index (χ2v) is 6.05. The summed E-state index contributed by atoms with van der Waals surface area (Å²) in [6, 6.07) is 6.63. The molecule has 2 unspecified atom stereocenters. The third-order valence-corrected chi connectivity index (χ3v) is 4.75. The van der Waals surface area contributed by atoms with E-state index in [1.165, 1.54) is 36.9 Å². The average Bonchev–Trinajstić information content (AvgIpc) is 2.40. The van der Waals surface area contributed by atoms with Crippen LogP contribution >= 0.6 is 17.0 Å². The maximum absolute atomic E-state index is 9.71. The molecule has 2 nitrogen and oxygen atoms in total. The highest BCUT2D eigenvalue weighted by atomic mass is 79.9. The summed E-state index contributed by atoms with van der Waals surface area (Å²) >= 11 is 0. The van der Waals surface area contributed by atoms with Crippen LogP contribution in [0.4, 0.5) is 0 Å². The molecule has 3 heteroatoms. The molecule has 1 fully saturated rings. The Morgan fingerprint density at radius 3 is 2.94 bits per heavy atom. The molecule has 100 valence electrons. The Morgan fingerprint density at radius 1 is 1.39 bits per heavy atom. The number of hydrogen-bond acceptors (Lipinski definition) is 2.